The maximum absolute atomic E-state index is 14.3. The van der Waals surface area contributed by atoms with Crippen LogP contribution in [-0.4, -0.2) is 46.0 Å². The summed E-state index contributed by atoms with van der Waals surface area (Å²) in [5.74, 6) is -0.544. The van der Waals surface area contributed by atoms with Crippen LogP contribution in [0.15, 0.2) is 24.4 Å². The molecule has 3 aromatic rings. The Kier molecular flexibility index (Phi) is 6.26. The highest BCUT2D eigenvalue weighted by Gasteiger charge is 2.27. The van der Waals surface area contributed by atoms with Crippen molar-refractivity contribution in [3.05, 3.63) is 41.5 Å². The topological polar surface area (TPSA) is 139 Å². The van der Waals surface area contributed by atoms with Gasteiger partial charge in [0.05, 0.1) is 17.8 Å². The Bertz CT molecular complexity index is 1220. The lowest BCUT2D eigenvalue weighted by molar-refractivity contribution is 0.102. The van der Waals surface area contributed by atoms with E-state index in [0.29, 0.717) is 31.0 Å². The summed E-state index contributed by atoms with van der Waals surface area (Å²) in [6.07, 6.45) is 1.14. The van der Waals surface area contributed by atoms with Gasteiger partial charge >= 0.3 is 0 Å². The third kappa shape index (κ3) is 4.50. The van der Waals surface area contributed by atoms with Gasteiger partial charge in [-0.1, -0.05) is 11.3 Å². The molecule has 0 unspecified atom stereocenters. The number of nitrogens with zero attached hydrogens (tertiary/aromatic N) is 5. The fourth-order valence-corrected chi connectivity index (χ4v) is 4.59. The van der Waals surface area contributed by atoms with E-state index in [1.54, 1.807) is 11.7 Å². The number of nitrogens with two attached hydrogens (primary N) is 2. The highest BCUT2D eigenvalue weighted by molar-refractivity contribution is 7.19. The van der Waals surface area contributed by atoms with Gasteiger partial charge in [-0.15, -0.1) is 0 Å². The number of carbonyl (C=O) groups excluding carboxylic acids is 1. The molecule has 0 spiro atoms. The first-order chi connectivity index (χ1) is 15.8. The standard InChI is InChI=1S/C21H22F2N8OS/c1-30-21(31-6-4-14(23)15(25)5-7-31)16(10-27-30)28-19(32)17-18(26)33-20(29-17)12-8-11(9-24)2-3-13(12)22/h2-3,8,10,14-15H,4-7,25-26H2,1H3,(H,28,32)/t14-,15-/m1/s1. The molecule has 1 saturated heterocycles. The van der Waals surface area contributed by atoms with Crippen LogP contribution in [0.1, 0.15) is 28.9 Å². The number of halogens is 2. The summed E-state index contributed by atoms with van der Waals surface area (Å²) in [7, 11) is 1.73. The smallest absolute Gasteiger partial charge is 0.277 e. The SMILES string of the molecule is Cn1ncc(NC(=O)c2nc(-c3cc(C#N)ccc3F)sc2N)c1N1CC[C@@H](N)[C@H](F)CC1. The molecular formula is C21H22F2N8OS. The summed E-state index contributed by atoms with van der Waals surface area (Å²) >= 11 is 0.950. The molecule has 2 aromatic heterocycles. The molecule has 1 aliphatic heterocycles. The summed E-state index contributed by atoms with van der Waals surface area (Å²) in [6.45, 7) is 0.941. The number of hydrogen-bond donors (Lipinski definition) is 3. The third-order valence-corrected chi connectivity index (χ3v) is 6.44. The lowest BCUT2D eigenvalue weighted by Gasteiger charge is -2.24. The third-order valence-electron chi connectivity index (χ3n) is 5.52. The number of anilines is 3. The van der Waals surface area contributed by atoms with Gasteiger partial charge in [-0.05, 0) is 31.0 Å². The second kappa shape index (κ2) is 9.13. The Hall–Kier alpha value is -3.56. The second-order valence-corrected chi connectivity index (χ2v) is 8.77. The first kappa shape index (κ1) is 22.6. The lowest BCUT2D eigenvalue weighted by Crippen LogP contribution is -2.31. The summed E-state index contributed by atoms with van der Waals surface area (Å²) in [4.78, 5) is 19.1. The zero-order valence-electron chi connectivity index (χ0n) is 17.8. The van der Waals surface area contributed by atoms with Crippen molar-refractivity contribution in [1.29, 1.82) is 5.26 Å². The van der Waals surface area contributed by atoms with Crippen LogP contribution in [-0.2, 0) is 7.05 Å². The fourth-order valence-electron chi connectivity index (χ4n) is 3.75. The molecule has 0 radical (unpaired) electrons. The fraction of sp³-hybridized carbons (Fsp3) is 0.333. The van der Waals surface area contributed by atoms with E-state index in [-0.39, 0.29) is 33.3 Å². The van der Waals surface area contributed by atoms with Crippen molar-refractivity contribution in [1.82, 2.24) is 14.8 Å². The number of carbonyl (C=O) groups is 1. The molecule has 2 atom stereocenters. The van der Waals surface area contributed by atoms with Gasteiger partial charge in [0.25, 0.3) is 5.91 Å². The molecule has 9 nitrogen and oxygen atoms in total. The number of nitrogen functional groups attached to an aromatic ring is 1. The lowest BCUT2D eigenvalue weighted by atomic mass is 10.1. The van der Waals surface area contributed by atoms with Crippen LogP contribution in [0.4, 0.5) is 25.3 Å². The minimum absolute atomic E-state index is 0.0618. The van der Waals surface area contributed by atoms with E-state index in [4.69, 9.17) is 16.7 Å². The van der Waals surface area contributed by atoms with Crippen LogP contribution < -0.4 is 21.7 Å². The second-order valence-electron chi connectivity index (χ2n) is 7.74. The van der Waals surface area contributed by atoms with E-state index in [0.717, 1.165) is 11.3 Å². The summed E-state index contributed by atoms with van der Waals surface area (Å²) in [5, 5.41) is 16.4. The van der Waals surface area contributed by atoms with Crippen molar-refractivity contribution >= 4 is 33.8 Å². The van der Waals surface area contributed by atoms with Crippen LogP contribution >= 0.6 is 11.3 Å². The van der Waals surface area contributed by atoms with Crippen molar-refractivity contribution in [2.24, 2.45) is 12.8 Å². The number of aryl methyl sites for hydroxylation is 1. The Morgan fingerprint density at radius 3 is 2.88 bits per heavy atom. The number of hydrogen-bond acceptors (Lipinski definition) is 8. The van der Waals surface area contributed by atoms with Crippen molar-refractivity contribution < 1.29 is 13.6 Å². The zero-order valence-corrected chi connectivity index (χ0v) is 18.6. The van der Waals surface area contributed by atoms with E-state index in [1.165, 1.54) is 24.4 Å². The van der Waals surface area contributed by atoms with Gasteiger partial charge in [0, 0.05) is 31.7 Å². The van der Waals surface area contributed by atoms with Crippen molar-refractivity contribution in [3.8, 4) is 16.6 Å². The van der Waals surface area contributed by atoms with Crippen LogP contribution in [0.3, 0.4) is 0 Å². The number of nitriles is 1. The Labute approximate surface area is 192 Å². The molecule has 0 aliphatic carbocycles. The first-order valence-electron chi connectivity index (χ1n) is 10.2. The zero-order chi connectivity index (χ0) is 23.7. The van der Waals surface area contributed by atoms with Crippen LogP contribution in [0.25, 0.3) is 10.6 Å². The highest BCUT2D eigenvalue weighted by Crippen LogP contribution is 2.34. The van der Waals surface area contributed by atoms with Gasteiger partial charge < -0.3 is 21.7 Å². The number of rotatable bonds is 4. The van der Waals surface area contributed by atoms with Crippen LogP contribution in [0.2, 0.25) is 0 Å². The molecule has 33 heavy (non-hydrogen) atoms. The Balaban J connectivity index is 1.59. The molecule has 172 valence electrons. The number of benzene rings is 1. The van der Waals surface area contributed by atoms with E-state index in [1.807, 2.05) is 11.0 Å². The van der Waals surface area contributed by atoms with Gasteiger partial charge in [-0.25, -0.2) is 13.8 Å². The molecular weight excluding hydrogens is 450 g/mol. The number of amides is 1. The number of thiazole rings is 1. The molecule has 12 heteroatoms. The molecule has 1 fully saturated rings. The summed E-state index contributed by atoms with van der Waals surface area (Å²) in [6, 6.07) is 5.29. The van der Waals surface area contributed by atoms with Gasteiger partial charge in [0.1, 0.15) is 27.7 Å². The van der Waals surface area contributed by atoms with Crippen molar-refractivity contribution in [3.63, 3.8) is 0 Å². The first-order valence-corrected chi connectivity index (χ1v) is 11.0. The van der Waals surface area contributed by atoms with Gasteiger partial charge in [0.15, 0.2) is 11.5 Å². The quantitative estimate of drug-likeness (QED) is 0.530. The normalized spacial score (nSPS) is 18.6. The van der Waals surface area contributed by atoms with E-state index < -0.39 is 23.9 Å². The minimum Gasteiger partial charge on any atom is -0.389 e. The molecule has 0 bridgehead atoms. The predicted molar refractivity (Wildman–Crippen MR) is 122 cm³/mol. The van der Waals surface area contributed by atoms with E-state index in [2.05, 4.69) is 15.4 Å². The van der Waals surface area contributed by atoms with Gasteiger partial charge in [-0.3, -0.25) is 9.48 Å². The number of alkyl halides is 1. The average Bonchev–Trinajstić information content (AvgIpc) is 3.31. The maximum Gasteiger partial charge on any atom is 0.277 e. The maximum atomic E-state index is 14.3. The largest absolute Gasteiger partial charge is 0.389 e. The highest BCUT2D eigenvalue weighted by atomic mass is 32.1. The van der Waals surface area contributed by atoms with Crippen LogP contribution in [0, 0.1) is 17.1 Å². The summed E-state index contributed by atoms with van der Waals surface area (Å²) in [5.41, 5.74) is 12.6. The predicted octanol–water partition coefficient (Wildman–Crippen LogP) is 2.65. The number of nitrogens with one attached hydrogen (secondary N) is 1. The molecule has 3 heterocycles. The monoisotopic (exact) mass is 472 g/mol. The minimum atomic E-state index is -1.09. The van der Waals surface area contributed by atoms with E-state index >= 15 is 0 Å². The van der Waals surface area contributed by atoms with Gasteiger partial charge in [0.2, 0.25) is 0 Å². The molecule has 1 aromatic carbocycles. The Morgan fingerprint density at radius 2 is 2.12 bits per heavy atom. The summed E-state index contributed by atoms with van der Waals surface area (Å²) < 4.78 is 29.9. The van der Waals surface area contributed by atoms with Gasteiger partial charge in [-0.2, -0.15) is 10.4 Å². The van der Waals surface area contributed by atoms with Crippen molar-refractivity contribution in [2.45, 2.75) is 25.1 Å². The molecule has 0 saturated carbocycles. The van der Waals surface area contributed by atoms with Crippen molar-refractivity contribution in [2.75, 3.05) is 29.0 Å². The molecule has 5 N–H and O–H groups in total. The molecule has 1 amide bonds. The Morgan fingerprint density at radius 1 is 1.36 bits per heavy atom. The van der Waals surface area contributed by atoms with Crippen LogP contribution in [0.5, 0.6) is 0 Å². The molecule has 1 aliphatic rings. The van der Waals surface area contributed by atoms with E-state index in [9.17, 15) is 13.6 Å². The average molecular weight is 473 g/mol. The number of aromatic nitrogens is 3. The molecule has 4 rings (SSSR count).